The van der Waals surface area contributed by atoms with Crippen LogP contribution in [-0.4, -0.2) is 27.4 Å². The summed E-state index contributed by atoms with van der Waals surface area (Å²) in [5.41, 5.74) is 3.03. The van der Waals surface area contributed by atoms with Crippen LogP contribution >= 0.6 is 0 Å². The molecule has 0 saturated heterocycles. The molecule has 2 aromatic rings. The molecule has 0 fully saturated rings. The molecule has 5 nitrogen and oxygen atoms in total. The Morgan fingerprint density at radius 3 is 2.95 bits per heavy atom. The van der Waals surface area contributed by atoms with E-state index in [9.17, 15) is 9.90 Å². The van der Waals surface area contributed by atoms with E-state index in [4.69, 9.17) is 0 Å². The zero-order chi connectivity index (χ0) is 14.1. The molecule has 20 heavy (non-hydrogen) atoms. The number of carboxylic acid groups (broad SMARTS) is 1. The zero-order valence-electron chi connectivity index (χ0n) is 11.4. The van der Waals surface area contributed by atoms with Crippen molar-refractivity contribution in [2.24, 2.45) is 0 Å². The van der Waals surface area contributed by atoms with Crippen LogP contribution < -0.4 is 4.90 Å². The molecule has 1 unspecified atom stereocenters. The third kappa shape index (κ3) is 2.15. The van der Waals surface area contributed by atoms with Gasteiger partial charge < -0.3 is 10.0 Å². The highest BCUT2D eigenvalue weighted by atomic mass is 16.4. The van der Waals surface area contributed by atoms with Crippen molar-refractivity contribution in [3.63, 3.8) is 0 Å². The smallest absolute Gasteiger partial charge is 0.312 e. The number of nitrogens with zero attached hydrogens (tertiary/aromatic N) is 3. The van der Waals surface area contributed by atoms with Crippen LogP contribution in [-0.2, 0) is 17.9 Å². The number of carboxylic acids is 1. The van der Waals surface area contributed by atoms with Gasteiger partial charge in [-0.1, -0.05) is 18.2 Å². The van der Waals surface area contributed by atoms with Crippen LogP contribution in [0.2, 0.25) is 0 Å². The van der Waals surface area contributed by atoms with E-state index in [1.807, 2.05) is 48.3 Å². The van der Waals surface area contributed by atoms with Gasteiger partial charge in [-0.05, 0) is 18.6 Å². The van der Waals surface area contributed by atoms with Crippen LogP contribution in [0.15, 0.2) is 36.7 Å². The molecule has 0 amide bonds. The number of hydrogen-bond donors (Lipinski definition) is 1. The molecule has 2 heterocycles. The lowest BCUT2D eigenvalue weighted by atomic mass is 10.0. The van der Waals surface area contributed by atoms with Crippen LogP contribution in [0.5, 0.6) is 0 Å². The Hall–Kier alpha value is -2.30. The number of benzene rings is 1. The molecule has 0 aliphatic carbocycles. The molecule has 1 N–H and O–H groups in total. The molecule has 0 saturated carbocycles. The average Bonchev–Trinajstić information content (AvgIpc) is 3.04. The van der Waals surface area contributed by atoms with Crippen LogP contribution in [0.3, 0.4) is 0 Å². The van der Waals surface area contributed by atoms with Gasteiger partial charge in [-0.3, -0.25) is 9.48 Å². The van der Waals surface area contributed by atoms with E-state index in [-0.39, 0.29) is 0 Å². The van der Waals surface area contributed by atoms with Gasteiger partial charge in [-0.2, -0.15) is 5.10 Å². The third-order valence-electron chi connectivity index (χ3n) is 3.74. The Labute approximate surface area is 117 Å². The van der Waals surface area contributed by atoms with Gasteiger partial charge in [0.15, 0.2) is 0 Å². The summed E-state index contributed by atoms with van der Waals surface area (Å²) < 4.78 is 1.88. The molecular weight excluding hydrogens is 254 g/mol. The SMILES string of the molecule is CCn1cc(CN2CC(C(=O)O)c3ccccc32)cn1. The fraction of sp³-hybridized carbons (Fsp3) is 0.333. The van der Waals surface area contributed by atoms with Crippen LogP contribution in [0, 0.1) is 0 Å². The van der Waals surface area contributed by atoms with Crippen molar-refractivity contribution in [2.45, 2.75) is 25.9 Å². The predicted octanol–water partition coefficient (Wildman–Crippen LogP) is 2.09. The maximum absolute atomic E-state index is 11.4. The minimum Gasteiger partial charge on any atom is -0.481 e. The van der Waals surface area contributed by atoms with Gasteiger partial charge in [0.25, 0.3) is 0 Å². The minimum absolute atomic E-state index is 0.438. The number of para-hydroxylation sites is 1. The van der Waals surface area contributed by atoms with Crippen molar-refractivity contribution in [2.75, 3.05) is 11.4 Å². The minimum atomic E-state index is -0.760. The summed E-state index contributed by atoms with van der Waals surface area (Å²) in [7, 11) is 0. The first-order chi connectivity index (χ1) is 9.69. The van der Waals surface area contributed by atoms with Crippen molar-refractivity contribution in [3.8, 4) is 0 Å². The predicted molar refractivity (Wildman–Crippen MR) is 75.8 cm³/mol. The van der Waals surface area contributed by atoms with E-state index in [0.29, 0.717) is 13.1 Å². The second-order valence-corrected chi connectivity index (χ2v) is 5.03. The summed E-state index contributed by atoms with van der Waals surface area (Å²) in [4.78, 5) is 13.5. The highest BCUT2D eigenvalue weighted by molar-refractivity contribution is 5.82. The summed E-state index contributed by atoms with van der Waals surface area (Å²) >= 11 is 0. The molecule has 5 heteroatoms. The zero-order valence-corrected chi connectivity index (χ0v) is 11.4. The number of hydrogen-bond acceptors (Lipinski definition) is 3. The molecule has 1 aromatic heterocycles. The summed E-state index contributed by atoms with van der Waals surface area (Å²) in [5, 5.41) is 13.6. The van der Waals surface area contributed by atoms with Crippen molar-refractivity contribution in [3.05, 3.63) is 47.8 Å². The Morgan fingerprint density at radius 1 is 1.45 bits per heavy atom. The van der Waals surface area contributed by atoms with Crippen molar-refractivity contribution >= 4 is 11.7 Å². The Balaban J connectivity index is 1.86. The number of fused-ring (bicyclic) bond motifs is 1. The van der Waals surface area contributed by atoms with E-state index in [2.05, 4.69) is 10.00 Å². The van der Waals surface area contributed by atoms with Gasteiger partial charge >= 0.3 is 5.97 Å². The van der Waals surface area contributed by atoms with Gasteiger partial charge in [0.1, 0.15) is 5.92 Å². The molecule has 3 rings (SSSR count). The quantitative estimate of drug-likeness (QED) is 0.925. The Bertz CT molecular complexity index is 636. The fourth-order valence-electron chi connectivity index (χ4n) is 2.73. The first kappa shape index (κ1) is 12.7. The molecule has 0 radical (unpaired) electrons. The topological polar surface area (TPSA) is 58.4 Å². The van der Waals surface area contributed by atoms with E-state index in [0.717, 1.165) is 23.4 Å². The molecule has 0 spiro atoms. The Kier molecular flexibility index (Phi) is 3.18. The van der Waals surface area contributed by atoms with Gasteiger partial charge in [0.05, 0.1) is 6.20 Å². The van der Waals surface area contributed by atoms with Crippen LogP contribution in [0.4, 0.5) is 5.69 Å². The van der Waals surface area contributed by atoms with Crippen LogP contribution in [0.25, 0.3) is 0 Å². The second kappa shape index (κ2) is 5.00. The fourth-order valence-corrected chi connectivity index (χ4v) is 2.73. The van der Waals surface area contributed by atoms with E-state index < -0.39 is 11.9 Å². The third-order valence-corrected chi connectivity index (χ3v) is 3.74. The number of aromatic nitrogens is 2. The van der Waals surface area contributed by atoms with E-state index in [1.54, 1.807) is 0 Å². The van der Waals surface area contributed by atoms with Gasteiger partial charge in [-0.25, -0.2) is 0 Å². The van der Waals surface area contributed by atoms with Gasteiger partial charge in [-0.15, -0.1) is 0 Å². The summed E-state index contributed by atoms with van der Waals surface area (Å²) in [6.07, 6.45) is 3.86. The van der Waals surface area contributed by atoms with Crippen molar-refractivity contribution < 1.29 is 9.90 Å². The van der Waals surface area contributed by atoms with Gasteiger partial charge in [0.2, 0.25) is 0 Å². The molecular formula is C15H17N3O2. The average molecular weight is 271 g/mol. The molecule has 0 bridgehead atoms. The lowest BCUT2D eigenvalue weighted by Gasteiger charge is -2.18. The first-order valence-corrected chi connectivity index (χ1v) is 6.77. The maximum atomic E-state index is 11.4. The van der Waals surface area contributed by atoms with Crippen molar-refractivity contribution in [1.82, 2.24) is 9.78 Å². The second-order valence-electron chi connectivity index (χ2n) is 5.03. The molecule has 1 aliphatic heterocycles. The maximum Gasteiger partial charge on any atom is 0.312 e. The summed E-state index contributed by atoms with van der Waals surface area (Å²) in [5.74, 6) is -1.20. The molecule has 1 aliphatic rings. The number of aryl methyl sites for hydroxylation is 1. The molecule has 104 valence electrons. The van der Waals surface area contributed by atoms with E-state index >= 15 is 0 Å². The normalized spacial score (nSPS) is 17.2. The van der Waals surface area contributed by atoms with Crippen molar-refractivity contribution in [1.29, 1.82) is 0 Å². The van der Waals surface area contributed by atoms with Crippen LogP contribution in [0.1, 0.15) is 24.0 Å². The highest BCUT2D eigenvalue weighted by Gasteiger charge is 2.33. The lowest BCUT2D eigenvalue weighted by Crippen LogP contribution is -2.23. The van der Waals surface area contributed by atoms with E-state index in [1.165, 1.54) is 0 Å². The standard InChI is InChI=1S/C15H17N3O2/c1-2-18-9-11(7-16-18)8-17-10-13(15(19)20)12-5-3-4-6-14(12)17/h3-7,9,13H,2,8,10H2,1H3,(H,19,20). The monoisotopic (exact) mass is 271 g/mol. The molecule has 1 aromatic carbocycles. The number of carbonyl (C=O) groups is 1. The van der Waals surface area contributed by atoms with Gasteiger partial charge in [0, 0.05) is 37.1 Å². The first-order valence-electron chi connectivity index (χ1n) is 6.77. The number of aliphatic carboxylic acids is 1. The summed E-state index contributed by atoms with van der Waals surface area (Å²) in [6.45, 7) is 4.10. The highest BCUT2D eigenvalue weighted by Crippen LogP contribution is 2.36. The summed E-state index contributed by atoms with van der Waals surface area (Å²) in [6, 6.07) is 7.74. The Morgan fingerprint density at radius 2 is 2.25 bits per heavy atom. The lowest BCUT2D eigenvalue weighted by molar-refractivity contribution is -0.138. The largest absolute Gasteiger partial charge is 0.481 e. The number of rotatable bonds is 4. The number of anilines is 1. The molecule has 1 atom stereocenters.